The predicted molar refractivity (Wildman–Crippen MR) is 193 cm³/mol. The number of carboxylic acid groups (broad SMARTS) is 1. The van der Waals surface area contributed by atoms with Crippen molar-refractivity contribution < 1.29 is 64.6 Å². The van der Waals surface area contributed by atoms with Crippen molar-refractivity contribution in [2.75, 3.05) is 19.8 Å². The summed E-state index contributed by atoms with van der Waals surface area (Å²) in [5, 5.41) is 84.2. The highest BCUT2D eigenvalue weighted by molar-refractivity contribution is 5.76. The van der Waals surface area contributed by atoms with E-state index in [2.05, 4.69) is 47.6 Å². The molecule has 0 amide bonds. The first-order valence-corrected chi connectivity index (χ1v) is 20.4. The van der Waals surface area contributed by atoms with Gasteiger partial charge in [0.15, 0.2) is 12.6 Å². The Morgan fingerprint density at radius 2 is 1.41 bits per heavy atom. The average Bonchev–Trinajstić information content (AvgIpc) is 3.42. The van der Waals surface area contributed by atoms with Crippen LogP contribution in [0, 0.1) is 50.2 Å². The maximum Gasteiger partial charge on any atom is 0.310 e. The van der Waals surface area contributed by atoms with Crippen molar-refractivity contribution in [2.45, 2.75) is 167 Å². The SMILES string of the molecule is CC1(C)CCC2(C(=O)O)CCC3(C)C(=CCC4C5(C)CCC(OC6OC(CO)C(OC7OC(CO)C(O)C(O)C7O)C6O)C(C)(CO)C5CCC43C)C2C1. The molecule has 13 heteroatoms. The lowest BCUT2D eigenvalue weighted by atomic mass is 9.33. The van der Waals surface area contributed by atoms with Gasteiger partial charge >= 0.3 is 5.97 Å². The van der Waals surface area contributed by atoms with E-state index in [9.17, 15) is 45.6 Å². The summed E-state index contributed by atoms with van der Waals surface area (Å²) in [6, 6.07) is 0. The maximum absolute atomic E-state index is 13.0. The fourth-order valence-corrected chi connectivity index (χ4v) is 13.5. The number of allylic oxidation sites excluding steroid dienone is 2. The molecule has 5 aliphatic carbocycles. The summed E-state index contributed by atoms with van der Waals surface area (Å²) < 4.78 is 23.9. The van der Waals surface area contributed by atoms with Crippen LogP contribution in [-0.2, 0) is 23.7 Å². The molecule has 0 aromatic carbocycles. The second kappa shape index (κ2) is 14.0. The number of carboxylic acids is 1. The monoisotopic (exact) mass is 766 g/mol. The second-order valence-corrected chi connectivity index (χ2v) is 20.0. The Morgan fingerprint density at radius 1 is 0.759 bits per heavy atom. The van der Waals surface area contributed by atoms with Crippen LogP contribution in [0.2, 0.25) is 0 Å². The van der Waals surface area contributed by atoms with Gasteiger partial charge in [0.1, 0.15) is 42.7 Å². The Balaban J connectivity index is 1.11. The van der Waals surface area contributed by atoms with E-state index in [4.69, 9.17) is 18.9 Å². The molecule has 6 fully saturated rings. The number of rotatable bonds is 8. The van der Waals surface area contributed by atoms with Crippen molar-refractivity contribution in [3.8, 4) is 0 Å². The number of ether oxygens (including phenoxy) is 4. The zero-order valence-corrected chi connectivity index (χ0v) is 32.9. The first-order valence-electron chi connectivity index (χ1n) is 20.4. The number of hydrogen-bond acceptors (Lipinski definition) is 12. The van der Waals surface area contributed by atoms with Gasteiger partial charge in [-0.2, -0.15) is 0 Å². The minimum Gasteiger partial charge on any atom is -0.481 e. The van der Waals surface area contributed by atoms with Crippen molar-refractivity contribution in [1.29, 1.82) is 0 Å². The van der Waals surface area contributed by atoms with Crippen molar-refractivity contribution in [3.63, 3.8) is 0 Å². The Kier molecular flexibility index (Phi) is 10.6. The molecule has 308 valence electrons. The van der Waals surface area contributed by atoms with Gasteiger partial charge in [-0.25, -0.2) is 0 Å². The molecule has 0 aromatic heterocycles. The number of hydrogen-bond donors (Lipinski definition) is 8. The molecule has 0 aromatic rings. The van der Waals surface area contributed by atoms with E-state index >= 15 is 0 Å². The fourth-order valence-electron chi connectivity index (χ4n) is 13.5. The summed E-state index contributed by atoms with van der Waals surface area (Å²) >= 11 is 0. The molecule has 18 unspecified atom stereocenters. The minimum atomic E-state index is -1.70. The van der Waals surface area contributed by atoms with Gasteiger partial charge in [-0.3, -0.25) is 4.79 Å². The van der Waals surface area contributed by atoms with Gasteiger partial charge in [0.2, 0.25) is 0 Å². The lowest BCUT2D eigenvalue weighted by Gasteiger charge is -2.71. The number of aliphatic hydroxyl groups excluding tert-OH is 7. The molecule has 0 spiro atoms. The van der Waals surface area contributed by atoms with Crippen molar-refractivity contribution in [2.24, 2.45) is 50.2 Å². The molecule has 2 aliphatic heterocycles. The van der Waals surface area contributed by atoms with Crippen molar-refractivity contribution in [1.82, 2.24) is 0 Å². The van der Waals surface area contributed by atoms with Gasteiger partial charge in [0.05, 0.1) is 31.3 Å². The highest BCUT2D eigenvalue weighted by Gasteiger charge is 2.70. The lowest BCUT2D eigenvalue weighted by molar-refractivity contribution is -0.318. The topological polar surface area (TPSA) is 216 Å². The summed E-state index contributed by atoms with van der Waals surface area (Å²) in [7, 11) is 0. The van der Waals surface area contributed by atoms with Gasteiger partial charge in [0, 0.05) is 5.41 Å². The largest absolute Gasteiger partial charge is 0.481 e. The lowest BCUT2D eigenvalue weighted by Crippen LogP contribution is -2.66. The maximum atomic E-state index is 13.0. The van der Waals surface area contributed by atoms with Crippen LogP contribution in [0.15, 0.2) is 11.6 Å². The van der Waals surface area contributed by atoms with E-state index in [-0.39, 0.29) is 40.1 Å². The van der Waals surface area contributed by atoms with Crippen LogP contribution in [-0.4, -0.2) is 128 Å². The first-order chi connectivity index (χ1) is 25.3. The summed E-state index contributed by atoms with van der Waals surface area (Å²) in [6.45, 7) is 12.5. The summed E-state index contributed by atoms with van der Waals surface area (Å²) in [5.41, 5.74) is -0.292. The number of aliphatic hydroxyl groups is 7. The average molecular weight is 767 g/mol. The molecule has 54 heavy (non-hydrogen) atoms. The zero-order chi connectivity index (χ0) is 39.4. The van der Waals surface area contributed by atoms with E-state index in [1.807, 2.05) is 0 Å². The number of carbonyl (C=O) groups is 1. The number of aliphatic carboxylic acids is 1. The van der Waals surface area contributed by atoms with Crippen LogP contribution in [0.3, 0.4) is 0 Å². The molecular weight excluding hydrogens is 700 g/mol. The number of fused-ring (bicyclic) bond motifs is 7. The summed E-state index contributed by atoms with van der Waals surface area (Å²) in [4.78, 5) is 13.0. The van der Waals surface area contributed by atoms with Gasteiger partial charge in [-0.1, -0.05) is 53.2 Å². The molecule has 0 radical (unpaired) electrons. The van der Waals surface area contributed by atoms with E-state index < -0.39 is 91.4 Å². The molecule has 4 saturated carbocycles. The Bertz CT molecular complexity index is 1450. The normalized spacial score (nSPS) is 54.1. The molecule has 18 atom stereocenters. The molecule has 13 nitrogen and oxygen atoms in total. The van der Waals surface area contributed by atoms with Gasteiger partial charge in [-0.05, 0) is 104 Å². The van der Waals surface area contributed by atoms with Crippen LogP contribution in [0.1, 0.15) is 106 Å². The van der Waals surface area contributed by atoms with Crippen molar-refractivity contribution >= 4 is 5.97 Å². The zero-order valence-electron chi connectivity index (χ0n) is 32.9. The highest BCUT2D eigenvalue weighted by Crippen LogP contribution is 2.76. The first kappa shape index (κ1) is 40.9. The van der Waals surface area contributed by atoms with Crippen LogP contribution >= 0.6 is 0 Å². The van der Waals surface area contributed by atoms with Gasteiger partial charge < -0.3 is 59.8 Å². The van der Waals surface area contributed by atoms with Crippen LogP contribution in [0.5, 0.6) is 0 Å². The molecule has 2 saturated heterocycles. The third-order valence-corrected chi connectivity index (χ3v) is 17.1. The second-order valence-electron chi connectivity index (χ2n) is 20.0. The Hall–Kier alpha value is -1.23. The standard InChI is InChI=1S/C41H66O13/c1-36(2)13-15-41(35(49)50)16-14-39(5)21(22(41)17-36)7-8-26-37(3)11-10-27(38(4,20-44)25(37)9-12-40(26,39)6)53-34-31(48)32(24(19-43)52-34)54-33-30(47)29(46)28(45)23(18-42)51-33/h7,22-34,42-48H,8-20H2,1-6H3,(H,49,50). The highest BCUT2D eigenvalue weighted by atomic mass is 16.8. The van der Waals surface area contributed by atoms with Crippen LogP contribution in [0.25, 0.3) is 0 Å². The van der Waals surface area contributed by atoms with Crippen LogP contribution < -0.4 is 0 Å². The fraction of sp³-hybridized carbons (Fsp3) is 0.927. The molecule has 0 bridgehead atoms. The smallest absolute Gasteiger partial charge is 0.310 e. The van der Waals surface area contributed by atoms with Crippen molar-refractivity contribution in [3.05, 3.63) is 11.6 Å². The minimum absolute atomic E-state index is 0.0294. The summed E-state index contributed by atoms with van der Waals surface area (Å²) in [6.07, 6.45) is -2.56. The van der Waals surface area contributed by atoms with Gasteiger partial charge in [-0.15, -0.1) is 0 Å². The molecule has 7 rings (SSSR count). The molecular formula is C41H66O13. The van der Waals surface area contributed by atoms with E-state index in [1.54, 1.807) is 0 Å². The Morgan fingerprint density at radius 3 is 2.06 bits per heavy atom. The van der Waals surface area contributed by atoms with E-state index in [1.165, 1.54) is 5.57 Å². The van der Waals surface area contributed by atoms with E-state index in [0.29, 0.717) is 18.8 Å². The predicted octanol–water partition coefficient (Wildman–Crippen LogP) is 2.49. The molecule has 2 heterocycles. The molecule has 7 aliphatic rings. The Labute approximate surface area is 319 Å². The molecule has 8 N–H and O–H groups in total. The van der Waals surface area contributed by atoms with E-state index in [0.717, 1.165) is 51.4 Å². The quantitative estimate of drug-likeness (QED) is 0.167. The van der Waals surface area contributed by atoms with Crippen LogP contribution in [0.4, 0.5) is 0 Å². The van der Waals surface area contributed by atoms with Gasteiger partial charge in [0.25, 0.3) is 0 Å². The third kappa shape index (κ3) is 5.84. The third-order valence-electron chi connectivity index (χ3n) is 17.1. The summed E-state index contributed by atoms with van der Waals surface area (Å²) in [5.74, 6) is -0.225.